The first-order valence-corrected chi connectivity index (χ1v) is 9.31. The first kappa shape index (κ1) is 20.4. The zero-order valence-electron chi connectivity index (χ0n) is 15.3. The number of carbonyl (C=O) groups is 1. The Labute approximate surface area is 164 Å². The number of aromatic nitrogens is 1. The van der Waals surface area contributed by atoms with Crippen molar-refractivity contribution in [3.05, 3.63) is 59.7 Å². The van der Waals surface area contributed by atoms with Crippen LogP contribution in [0, 0.1) is 0 Å². The number of benzene rings is 2. The van der Waals surface area contributed by atoms with Gasteiger partial charge in [0.2, 0.25) is 0 Å². The monoisotopic (exact) mass is 389 g/mol. The Morgan fingerprint density at radius 1 is 1.08 bits per heavy atom. The number of carbonyl (C=O) groups excluding carboxylic acids is 1. The number of anilines is 1. The van der Waals surface area contributed by atoms with Crippen LogP contribution in [0.5, 0.6) is 0 Å². The fourth-order valence-corrected chi connectivity index (χ4v) is 3.67. The molecular weight excluding hydrogens is 366 g/mol. The van der Waals surface area contributed by atoms with E-state index < -0.39 is 0 Å². The first-order chi connectivity index (χ1) is 12.1. The molecule has 0 spiro atoms. The van der Waals surface area contributed by atoms with Gasteiger partial charge in [0.05, 0.1) is 10.2 Å². The van der Waals surface area contributed by atoms with E-state index in [1.54, 1.807) is 16.2 Å². The van der Waals surface area contributed by atoms with Crippen LogP contribution in [0.3, 0.4) is 0 Å². The summed E-state index contributed by atoms with van der Waals surface area (Å²) in [5.41, 5.74) is 2.93. The molecule has 0 saturated heterocycles. The van der Waals surface area contributed by atoms with E-state index in [1.807, 2.05) is 50.5 Å². The summed E-state index contributed by atoms with van der Waals surface area (Å²) in [6, 6.07) is 15.7. The first-order valence-electron chi connectivity index (χ1n) is 8.49. The van der Waals surface area contributed by atoms with Gasteiger partial charge in [-0.25, -0.2) is 4.98 Å². The van der Waals surface area contributed by atoms with Crippen molar-refractivity contribution in [2.24, 2.45) is 0 Å². The van der Waals surface area contributed by atoms with Crippen LogP contribution in [-0.2, 0) is 6.42 Å². The molecule has 1 aromatic heterocycles. The molecule has 0 saturated carbocycles. The summed E-state index contributed by atoms with van der Waals surface area (Å²) in [7, 11) is 4.02. The molecule has 0 aliphatic carbocycles. The van der Waals surface area contributed by atoms with Crippen LogP contribution >= 0.6 is 23.7 Å². The minimum atomic E-state index is -0.00257. The van der Waals surface area contributed by atoms with Gasteiger partial charge >= 0.3 is 0 Å². The summed E-state index contributed by atoms with van der Waals surface area (Å²) in [5, 5.41) is 0.763. The topological polar surface area (TPSA) is 36.4 Å². The molecule has 6 heteroatoms. The van der Waals surface area contributed by atoms with E-state index in [4.69, 9.17) is 4.98 Å². The normalized spacial score (nSPS) is 10.8. The van der Waals surface area contributed by atoms with Crippen LogP contribution in [0.4, 0.5) is 5.13 Å². The van der Waals surface area contributed by atoms with Gasteiger partial charge < -0.3 is 4.90 Å². The van der Waals surface area contributed by atoms with Gasteiger partial charge in [0.1, 0.15) is 0 Å². The largest absolute Gasteiger partial charge is 0.308 e. The lowest BCUT2D eigenvalue weighted by atomic mass is 10.2. The fourth-order valence-electron chi connectivity index (χ4n) is 2.61. The molecule has 0 radical (unpaired) electrons. The highest BCUT2D eigenvalue weighted by Crippen LogP contribution is 2.30. The van der Waals surface area contributed by atoms with E-state index >= 15 is 0 Å². The van der Waals surface area contributed by atoms with Crippen LogP contribution < -0.4 is 4.90 Å². The second kappa shape index (κ2) is 9.12. The molecule has 1 amide bonds. The Balaban J connectivity index is 0.00000243. The molecule has 138 valence electrons. The van der Waals surface area contributed by atoms with Crippen molar-refractivity contribution < 1.29 is 4.79 Å². The Morgan fingerprint density at radius 3 is 2.46 bits per heavy atom. The highest BCUT2D eigenvalue weighted by Gasteiger charge is 2.21. The molecule has 0 aliphatic heterocycles. The molecule has 1 heterocycles. The average Bonchev–Trinajstić information content (AvgIpc) is 3.04. The number of nitrogens with zero attached hydrogens (tertiary/aromatic N) is 3. The molecular formula is C20H24ClN3OS. The predicted octanol–water partition coefficient (Wildman–Crippen LogP) is 4.49. The van der Waals surface area contributed by atoms with Crippen molar-refractivity contribution in [2.45, 2.75) is 13.3 Å². The lowest BCUT2D eigenvalue weighted by Crippen LogP contribution is -2.36. The number of thiazole rings is 1. The summed E-state index contributed by atoms with van der Waals surface area (Å²) in [4.78, 5) is 21.6. The third-order valence-corrected chi connectivity index (χ3v) is 5.16. The molecule has 3 rings (SSSR count). The molecule has 26 heavy (non-hydrogen) atoms. The lowest BCUT2D eigenvalue weighted by Gasteiger charge is -2.22. The maximum atomic E-state index is 13.0. The average molecular weight is 390 g/mol. The maximum absolute atomic E-state index is 13.0. The minimum Gasteiger partial charge on any atom is -0.308 e. The van der Waals surface area contributed by atoms with E-state index in [0.717, 1.165) is 28.3 Å². The van der Waals surface area contributed by atoms with Crippen LogP contribution in [0.25, 0.3) is 10.2 Å². The van der Waals surface area contributed by atoms with E-state index in [2.05, 4.69) is 24.0 Å². The molecule has 0 aliphatic rings. The highest BCUT2D eigenvalue weighted by molar-refractivity contribution is 7.22. The van der Waals surface area contributed by atoms with Crippen molar-refractivity contribution in [2.75, 3.05) is 32.1 Å². The SMILES string of the molecule is CCc1ccc2nc(N(CCN(C)C)C(=O)c3ccccc3)sc2c1.Cl. The third-order valence-electron chi connectivity index (χ3n) is 4.12. The summed E-state index contributed by atoms with van der Waals surface area (Å²) in [6.07, 6.45) is 0.996. The van der Waals surface area contributed by atoms with E-state index in [9.17, 15) is 4.79 Å². The number of fused-ring (bicyclic) bond motifs is 1. The maximum Gasteiger partial charge on any atom is 0.260 e. The van der Waals surface area contributed by atoms with Crippen LogP contribution in [0.2, 0.25) is 0 Å². The van der Waals surface area contributed by atoms with E-state index in [0.29, 0.717) is 12.1 Å². The van der Waals surface area contributed by atoms with Gasteiger partial charge in [-0.15, -0.1) is 12.4 Å². The number of amides is 1. The molecule has 0 unspecified atom stereocenters. The number of halogens is 1. The van der Waals surface area contributed by atoms with Crippen molar-refractivity contribution in [1.29, 1.82) is 0 Å². The van der Waals surface area contributed by atoms with Crippen molar-refractivity contribution in [3.63, 3.8) is 0 Å². The van der Waals surface area contributed by atoms with Crippen molar-refractivity contribution in [1.82, 2.24) is 9.88 Å². The third kappa shape index (κ3) is 4.61. The Kier molecular flexibility index (Phi) is 7.14. The molecule has 0 fully saturated rings. The van der Waals surface area contributed by atoms with Gasteiger partial charge in [-0.2, -0.15) is 0 Å². The Hall–Kier alpha value is -1.95. The molecule has 0 atom stereocenters. The van der Waals surface area contributed by atoms with Gasteiger partial charge in [-0.05, 0) is 50.3 Å². The quantitative estimate of drug-likeness (QED) is 0.623. The number of hydrogen-bond acceptors (Lipinski definition) is 4. The molecule has 4 nitrogen and oxygen atoms in total. The van der Waals surface area contributed by atoms with Crippen LogP contribution in [0.15, 0.2) is 48.5 Å². The van der Waals surface area contributed by atoms with Gasteiger partial charge in [-0.1, -0.05) is 42.5 Å². The van der Waals surface area contributed by atoms with Gasteiger partial charge in [0.25, 0.3) is 5.91 Å². The fraction of sp³-hybridized carbons (Fsp3) is 0.300. The zero-order valence-corrected chi connectivity index (χ0v) is 16.9. The second-order valence-corrected chi connectivity index (χ2v) is 7.29. The number of hydrogen-bond donors (Lipinski definition) is 0. The molecule has 3 aromatic rings. The molecule has 0 N–H and O–H groups in total. The van der Waals surface area contributed by atoms with Gasteiger partial charge in [-0.3, -0.25) is 9.69 Å². The zero-order chi connectivity index (χ0) is 17.8. The van der Waals surface area contributed by atoms with Gasteiger partial charge in [0, 0.05) is 18.7 Å². The number of aryl methyl sites for hydroxylation is 1. The standard InChI is InChI=1S/C20H23N3OS.ClH/c1-4-15-10-11-17-18(14-15)25-20(21-17)23(13-12-22(2)3)19(24)16-8-6-5-7-9-16;/h5-11,14H,4,12-13H2,1-3H3;1H. The highest BCUT2D eigenvalue weighted by atomic mass is 35.5. The van der Waals surface area contributed by atoms with E-state index in [1.165, 1.54) is 5.56 Å². The molecule has 2 aromatic carbocycles. The van der Waals surface area contributed by atoms with Crippen molar-refractivity contribution >= 4 is 45.0 Å². The summed E-state index contributed by atoms with van der Waals surface area (Å²) in [6.45, 7) is 3.54. The second-order valence-electron chi connectivity index (χ2n) is 6.28. The number of rotatable bonds is 6. The predicted molar refractivity (Wildman–Crippen MR) is 113 cm³/mol. The van der Waals surface area contributed by atoms with Crippen LogP contribution in [-0.4, -0.2) is 43.0 Å². The smallest absolute Gasteiger partial charge is 0.260 e. The Bertz CT molecular complexity index is 864. The molecule has 0 bridgehead atoms. The van der Waals surface area contributed by atoms with Crippen molar-refractivity contribution in [3.8, 4) is 0 Å². The lowest BCUT2D eigenvalue weighted by molar-refractivity contribution is 0.0985. The minimum absolute atomic E-state index is 0. The van der Waals surface area contributed by atoms with Gasteiger partial charge in [0.15, 0.2) is 5.13 Å². The number of likely N-dealkylation sites (N-methyl/N-ethyl adjacent to an activating group) is 1. The summed E-state index contributed by atoms with van der Waals surface area (Å²) < 4.78 is 1.13. The van der Waals surface area contributed by atoms with E-state index in [-0.39, 0.29) is 18.3 Å². The van der Waals surface area contributed by atoms with Crippen LogP contribution in [0.1, 0.15) is 22.8 Å². The Morgan fingerprint density at radius 2 is 1.81 bits per heavy atom. The summed E-state index contributed by atoms with van der Waals surface area (Å²) >= 11 is 1.59. The summed E-state index contributed by atoms with van der Waals surface area (Å²) in [5.74, 6) is -0.00257.